The minimum Gasteiger partial charge on any atom is -0.508 e. The maximum Gasteiger partial charge on any atom is 0.324 e. The number of cyclic esters (lactones) is 1. The van der Waals surface area contributed by atoms with Crippen LogP contribution in [-0.4, -0.2) is 119 Å². The number of hydrazine groups is 1. The lowest BCUT2D eigenvalue weighted by atomic mass is 9.83. The molecular formula is C53H68N6O8. The lowest BCUT2D eigenvalue weighted by molar-refractivity contribution is -0.155. The van der Waals surface area contributed by atoms with Gasteiger partial charge in [-0.15, -0.1) is 0 Å². The summed E-state index contributed by atoms with van der Waals surface area (Å²) >= 11 is 0. The zero-order chi connectivity index (χ0) is 48.2. The van der Waals surface area contributed by atoms with Gasteiger partial charge >= 0.3 is 5.97 Å². The molecule has 0 spiro atoms. The SMILES string of the molecule is C=CC(=O)N1CCC(C(=O)N(C)[C@H](C(=O)N[C@H]2Cc3cc(O)cc(c3)-c3ccc4c(c3)c(c(-c3ccccc3CCOC)n4CC)CC(C)(C)COC(=O)[C@@H]3CCCN(N3)C2=O)C(C)C)CC1. The fourth-order valence-corrected chi connectivity index (χ4v) is 10.3. The van der Waals surface area contributed by atoms with E-state index in [0.29, 0.717) is 63.9 Å². The maximum atomic E-state index is 14.7. The molecule has 67 heavy (non-hydrogen) atoms. The van der Waals surface area contributed by atoms with Gasteiger partial charge in [-0.1, -0.05) is 70.7 Å². The molecular weight excluding hydrogens is 849 g/mol. The molecule has 3 aliphatic rings. The van der Waals surface area contributed by atoms with E-state index in [1.54, 1.807) is 31.2 Å². The summed E-state index contributed by atoms with van der Waals surface area (Å²) in [6, 6.07) is 17.1. The zero-order valence-electron chi connectivity index (χ0n) is 40.2. The molecule has 4 amide bonds. The van der Waals surface area contributed by atoms with Crippen molar-refractivity contribution in [2.45, 2.75) is 104 Å². The molecule has 0 aliphatic carbocycles. The Morgan fingerprint density at radius 3 is 2.48 bits per heavy atom. The Labute approximate surface area is 394 Å². The lowest BCUT2D eigenvalue weighted by Crippen LogP contribution is -2.62. The van der Waals surface area contributed by atoms with Gasteiger partial charge in [0.2, 0.25) is 17.7 Å². The second-order valence-electron chi connectivity index (χ2n) is 19.6. The van der Waals surface area contributed by atoms with Gasteiger partial charge in [0.1, 0.15) is 23.9 Å². The number of amides is 4. The highest BCUT2D eigenvalue weighted by Gasteiger charge is 2.39. The molecule has 0 saturated carbocycles. The Kier molecular flexibility index (Phi) is 15.3. The topological polar surface area (TPSA) is 163 Å². The fraction of sp³-hybridized carbons (Fsp3) is 0.491. The third-order valence-corrected chi connectivity index (χ3v) is 13.7. The number of rotatable bonds is 11. The number of aromatic nitrogens is 1. The first-order valence-corrected chi connectivity index (χ1v) is 23.8. The second-order valence-corrected chi connectivity index (χ2v) is 19.6. The number of phenolic OH excluding ortho intramolecular Hbond substituents is 1. The number of piperidine rings is 1. The third kappa shape index (κ3) is 10.8. The second kappa shape index (κ2) is 20.9. The highest BCUT2D eigenvalue weighted by Crippen LogP contribution is 2.41. The summed E-state index contributed by atoms with van der Waals surface area (Å²) in [4.78, 5) is 72.6. The summed E-state index contributed by atoms with van der Waals surface area (Å²) in [7, 11) is 3.33. The molecule has 0 unspecified atom stereocenters. The van der Waals surface area contributed by atoms with Crippen LogP contribution in [0.1, 0.15) is 77.0 Å². The quantitative estimate of drug-likeness (QED) is 0.114. The number of nitrogens with one attached hydrogen (secondary N) is 2. The first kappa shape index (κ1) is 48.9. The van der Waals surface area contributed by atoms with Gasteiger partial charge < -0.3 is 34.3 Å². The molecule has 3 atom stereocenters. The van der Waals surface area contributed by atoms with Crippen LogP contribution in [0.4, 0.5) is 0 Å². The zero-order valence-corrected chi connectivity index (χ0v) is 40.2. The number of nitrogens with zero attached hydrogens (tertiary/aromatic N) is 4. The van der Waals surface area contributed by atoms with Gasteiger partial charge in [-0.3, -0.25) is 29.0 Å². The molecule has 3 aromatic carbocycles. The minimum absolute atomic E-state index is 0.00454. The smallest absolute Gasteiger partial charge is 0.324 e. The van der Waals surface area contributed by atoms with Crippen molar-refractivity contribution in [1.29, 1.82) is 0 Å². The number of carbonyl (C=O) groups is 5. The van der Waals surface area contributed by atoms with Crippen LogP contribution in [0.25, 0.3) is 33.3 Å². The molecule has 7 rings (SSSR count). The van der Waals surface area contributed by atoms with E-state index in [2.05, 4.69) is 79.1 Å². The highest BCUT2D eigenvalue weighted by atomic mass is 16.5. The Hall–Kier alpha value is -5.99. The molecule has 4 aromatic rings. The Morgan fingerprint density at radius 2 is 1.78 bits per heavy atom. The van der Waals surface area contributed by atoms with Gasteiger partial charge in [0, 0.05) is 74.6 Å². The molecule has 14 heteroatoms. The maximum absolute atomic E-state index is 14.7. The number of likely N-dealkylation sites (tertiary alicyclic amines) is 1. The van der Waals surface area contributed by atoms with E-state index in [0.717, 1.165) is 45.3 Å². The summed E-state index contributed by atoms with van der Waals surface area (Å²) in [5, 5.41) is 16.8. The predicted molar refractivity (Wildman–Crippen MR) is 259 cm³/mol. The summed E-state index contributed by atoms with van der Waals surface area (Å²) in [5.41, 5.74) is 10.4. The molecule has 4 heterocycles. The molecule has 1 aromatic heterocycles. The molecule has 0 radical (unpaired) electrons. The number of hydrogen-bond acceptors (Lipinski definition) is 9. The summed E-state index contributed by atoms with van der Waals surface area (Å²) in [6.07, 6.45) is 4.49. The van der Waals surface area contributed by atoms with Crippen LogP contribution >= 0.6 is 0 Å². The number of aromatic hydroxyl groups is 1. The number of aryl methyl sites for hydroxylation is 1. The van der Waals surface area contributed by atoms with Crippen LogP contribution in [0.15, 0.2) is 73.3 Å². The van der Waals surface area contributed by atoms with Crippen molar-refractivity contribution < 1.29 is 38.6 Å². The van der Waals surface area contributed by atoms with E-state index in [9.17, 15) is 29.1 Å². The molecule has 358 valence electrons. The van der Waals surface area contributed by atoms with Crippen molar-refractivity contribution in [1.82, 2.24) is 30.1 Å². The third-order valence-electron chi connectivity index (χ3n) is 13.7. The van der Waals surface area contributed by atoms with Crippen LogP contribution < -0.4 is 10.7 Å². The van der Waals surface area contributed by atoms with E-state index >= 15 is 0 Å². The summed E-state index contributed by atoms with van der Waals surface area (Å²) in [6.45, 7) is 16.2. The fourth-order valence-electron chi connectivity index (χ4n) is 10.3. The van der Waals surface area contributed by atoms with Gasteiger partial charge in [-0.25, -0.2) is 5.43 Å². The molecule has 6 bridgehead atoms. The predicted octanol–water partition coefficient (Wildman–Crippen LogP) is 6.45. The Bertz CT molecular complexity index is 2500. The number of fused-ring (bicyclic) bond motifs is 6. The number of hydrogen-bond donors (Lipinski definition) is 3. The number of benzene rings is 3. The standard InChI is InChI=1S/C53H68N6O8/c1-9-46(61)57-23-19-36(20-24-57)50(63)56(7)47(33(3)4)49(62)54-44-28-34-26-38(29-39(60)27-34)37-17-18-45-41(30-37)42(48(58(45)10-2)40-15-12-11-14-35(40)21-25-66-8)31-53(5,6)32-67-52(65)43-16-13-22-59(55-43)51(44)64/h9,11-12,14-15,17-18,26-27,29-30,33,36,43-44,47,55,60H,1,10,13,16,19-25,28,31-32H2,2-8H3,(H,54,62)/t43-,44-,47-/m0/s1. The largest absolute Gasteiger partial charge is 0.508 e. The van der Waals surface area contributed by atoms with E-state index in [1.165, 1.54) is 21.5 Å². The van der Waals surface area contributed by atoms with Crippen molar-refractivity contribution >= 4 is 40.5 Å². The van der Waals surface area contributed by atoms with Crippen molar-refractivity contribution in [2.24, 2.45) is 17.3 Å². The van der Waals surface area contributed by atoms with E-state index in [1.807, 2.05) is 26.0 Å². The van der Waals surface area contributed by atoms with E-state index in [-0.39, 0.29) is 49.0 Å². The van der Waals surface area contributed by atoms with Crippen molar-refractivity contribution in [3.05, 3.63) is 90.0 Å². The molecule has 14 nitrogen and oxygen atoms in total. The van der Waals surface area contributed by atoms with Crippen molar-refractivity contribution in [3.8, 4) is 28.1 Å². The van der Waals surface area contributed by atoms with E-state index in [4.69, 9.17) is 9.47 Å². The van der Waals surface area contributed by atoms with Crippen LogP contribution in [0, 0.1) is 17.3 Å². The summed E-state index contributed by atoms with van der Waals surface area (Å²) < 4.78 is 14.0. The van der Waals surface area contributed by atoms with Gasteiger partial charge in [0.25, 0.3) is 5.91 Å². The van der Waals surface area contributed by atoms with Crippen LogP contribution in [0.5, 0.6) is 5.75 Å². The highest BCUT2D eigenvalue weighted by molar-refractivity contribution is 5.96. The normalized spacial score (nSPS) is 19.7. The molecule has 2 fully saturated rings. The molecule has 2 saturated heterocycles. The van der Waals surface area contributed by atoms with Crippen LogP contribution in [0.2, 0.25) is 0 Å². The van der Waals surface area contributed by atoms with Crippen molar-refractivity contribution in [3.63, 3.8) is 0 Å². The molecule has 3 N–H and O–H groups in total. The average molecular weight is 917 g/mol. The number of ether oxygens (including phenoxy) is 2. The number of methoxy groups -OCH3 is 1. The number of likely N-dealkylation sites (N-methyl/N-ethyl adjacent to an activating group) is 1. The van der Waals surface area contributed by atoms with Crippen LogP contribution in [-0.2, 0) is 59.3 Å². The van der Waals surface area contributed by atoms with Gasteiger partial charge in [0.15, 0.2) is 0 Å². The Morgan fingerprint density at radius 1 is 1.03 bits per heavy atom. The number of phenols is 1. The number of carbonyl (C=O) groups excluding carboxylic acids is 5. The lowest BCUT2D eigenvalue weighted by Gasteiger charge is -2.38. The first-order valence-electron chi connectivity index (χ1n) is 23.8. The van der Waals surface area contributed by atoms with Gasteiger partial charge in [0.05, 0.1) is 18.9 Å². The van der Waals surface area contributed by atoms with Crippen molar-refractivity contribution in [2.75, 3.05) is 47.0 Å². The van der Waals surface area contributed by atoms with Gasteiger partial charge in [-0.2, -0.15) is 0 Å². The van der Waals surface area contributed by atoms with E-state index < -0.39 is 41.3 Å². The average Bonchev–Trinajstić information content (AvgIpc) is 3.62. The van der Waals surface area contributed by atoms with Crippen LogP contribution in [0.3, 0.4) is 0 Å². The Balaban J connectivity index is 1.29. The molecule has 3 aliphatic heterocycles. The number of esters is 1. The first-order chi connectivity index (χ1) is 32.0. The van der Waals surface area contributed by atoms with Gasteiger partial charge in [-0.05, 0) is 110 Å². The summed E-state index contributed by atoms with van der Waals surface area (Å²) in [5.74, 6) is -2.50. The monoisotopic (exact) mass is 917 g/mol. The minimum atomic E-state index is -1.14.